The number of amides is 1. The molecule has 2 aromatic rings. The number of nitrogens with zero attached hydrogens (tertiary/aromatic N) is 2. The average molecular weight is 517 g/mol. The van der Waals surface area contributed by atoms with Gasteiger partial charge in [0.1, 0.15) is 11.5 Å². The lowest BCUT2D eigenvalue weighted by atomic mass is 9.94. The Morgan fingerprint density at radius 3 is 2.42 bits per heavy atom. The first kappa shape index (κ1) is 24.5. The summed E-state index contributed by atoms with van der Waals surface area (Å²) in [5.74, 6) is -2.77. The van der Waals surface area contributed by atoms with Crippen LogP contribution in [-0.4, -0.2) is 72.0 Å². The van der Waals surface area contributed by atoms with E-state index in [1.165, 1.54) is 36.3 Å². The van der Waals surface area contributed by atoms with Gasteiger partial charge in [0.05, 0.1) is 29.9 Å². The average Bonchev–Trinajstić information content (AvgIpc) is 3.04. The Balaban J connectivity index is 2.13. The number of Topliss-reactive ketones (excluding diaryl/α,β-unsaturated/α-hetero) is 1. The number of benzene rings is 2. The van der Waals surface area contributed by atoms with Crippen LogP contribution in [0.25, 0.3) is 5.76 Å². The maximum Gasteiger partial charge on any atom is 0.337 e. The highest BCUT2D eigenvalue weighted by Gasteiger charge is 2.46. The molecule has 1 heterocycles. The number of aromatic hydroxyl groups is 1. The predicted octanol–water partition coefficient (Wildman–Crippen LogP) is 3.31. The first-order valence-electron chi connectivity index (χ1n) is 10.3. The van der Waals surface area contributed by atoms with Gasteiger partial charge in [-0.1, -0.05) is 28.1 Å². The fraction of sp³-hybridized carbons (Fsp3) is 0.292. The number of aliphatic hydroxyl groups is 1. The van der Waals surface area contributed by atoms with Crippen LogP contribution in [0.1, 0.15) is 33.9 Å². The fourth-order valence-electron chi connectivity index (χ4n) is 3.78. The number of methoxy groups -OCH3 is 1. The van der Waals surface area contributed by atoms with Gasteiger partial charge in [-0.15, -0.1) is 0 Å². The molecule has 2 N–H and O–H groups in total. The fourth-order valence-corrected chi connectivity index (χ4v) is 4.14. The van der Waals surface area contributed by atoms with E-state index in [0.29, 0.717) is 28.6 Å². The van der Waals surface area contributed by atoms with Crippen molar-refractivity contribution in [2.75, 3.05) is 34.3 Å². The number of carbonyl (C=O) groups is 3. The monoisotopic (exact) mass is 516 g/mol. The van der Waals surface area contributed by atoms with E-state index in [2.05, 4.69) is 15.9 Å². The van der Waals surface area contributed by atoms with Crippen LogP contribution in [0.2, 0.25) is 0 Å². The van der Waals surface area contributed by atoms with Crippen molar-refractivity contribution in [2.45, 2.75) is 12.5 Å². The van der Waals surface area contributed by atoms with Gasteiger partial charge in [0, 0.05) is 11.0 Å². The van der Waals surface area contributed by atoms with Crippen LogP contribution < -0.4 is 0 Å². The summed E-state index contributed by atoms with van der Waals surface area (Å²) in [6, 6.07) is 9.89. The van der Waals surface area contributed by atoms with E-state index < -0.39 is 29.5 Å². The Morgan fingerprint density at radius 2 is 1.82 bits per heavy atom. The first-order valence-corrected chi connectivity index (χ1v) is 11.0. The molecular formula is C24H25BrN2O6. The Hall–Kier alpha value is -3.17. The highest BCUT2D eigenvalue weighted by atomic mass is 79.9. The zero-order valence-electron chi connectivity index (χ0n) is 18.5. The second kappa shape index (κ2) is 10.2. The van der Waals surface area contributed by atoms with Gasteiger partial charge in [-0.25, -0.2) is 4.79 Å². The van der Waals surface area contributed by atoms with E-state index in [4.69, 9.17) is 4.74 Å². The van der Waals surface area contributed by atoms with Crippen LogP contribution in [0.5, 0.6) is 5.75 Å². The van der Waals surface area contributed by atoms with Gasteiger partial charge in [0.2, 0.25) is 0 Å². The van der Waals surface area contributed by atoms with Gasteiger partial charge in [0.25, 0.3) is 11.7 Å². The summed E-state index contributed by atoms with van der Waals surface area (Å²) in [5, 5.41) is 21.4. The maximum absolute atomic E-state index is 13.0. The Morgan fingerprint density at radius 1 is 1.15 bits per heavy atom. The molecule has 1 amide bonds. The molecule has 3 rings (SSSR count). The van der Waals surface area contributed by atoms with Crippen LogP contribution >= 0.6 is 15.9 Å². The van der Waals surface area contributed by atoms with Crippen LogP contribution in [-0.2, 0) is 14.3 Å². The number of aliphatic hydroxyl groups excluding tert-OH is 1. The number of phenols is 1. The molecule has 0 radical (unpaired) electrons. The van der Waals surface area contributed by atoms with Crippen LogP contribution in [0.15, 0.2) is 52.5 Å². The second-order valence-corrected chi connectivity index (χ2v) is 8.84. The number of carbonyl (C=O) groups excluding carboxylic acids is 3. The van der Waals surface area contributed by atoms with Gasteiger partial charge < -0.3 is 24.7 Å². The minimum Gasteiger partial charge on any atom is -0.507 e. The molecule has 8 nitrogen and oxygen atoms in total. The number of ketones is 1. The van der Waals surface area contributed by atoms with Crippen molar-refractivity contribution < 1.29 is 29.3 Å². The molecular weight excluding hydrogens is 492 g/mol. The molecule has 1 atom stereocenters. The smallest absolute Gasteiger partial charge is 0.337 e. The maximum atomic E-state index is 13.0. The van der Waals surface area contributed by atoms with Gasteiger partial charge >= 0.3 is 5.97 Å². The van der Waals surface area contributed by atoms with Gasteiger partial charge in [0.15, 0.2) is 0 Å². The van der Waals surface area contributed by atoms with Crippen molar-refractivity contribution in [3.05, 3.63) is 69.2 Å². The number of halogens is 1. The lowest BCUT2D eigenvalue weighted by Crippen LogP contribution is -2.32. The normalized spacial score (nSPS) is 17.6. The number of rotatable bonds is 7. The van der Waals surface area contributed by atoms with Crippen molar-refractivity contribution in [3.63, 3.8) is 0 Å². The molecule has 1 fully saturated rings. The molecule has 33 heavy (non-hydrogen) atoms. The predicted molar refractivity (Wildman–Crippen MR) is 126 cm³/mol. The lowest BCUT2D eigenvalue weighted by molar-refractivity contribution is -0.139. The minimum absolute atomic E-state index is 0.0341. The van der Waals surface area contributed by atoms with E-state index in [9.17, 15) is 24.6 Å². The molecule has 174 valence electrons. The van der Waals surface area contributed by atoms with Gasteiger partial charge in [-0.05, 0) is 63.0 Å². The van der Waals surface area contributed by atoms with Crippen molar-refractivity contribution in [1.29, 1.82) is 0 Å². The Bertz CT molecular complexity index is 1110. The number of likely N-dealkylation sites (tertiary alicyclic amines) is 1. The zero-order valence-corrected chi connectivity index (χ0v) is 20.1. The standard InChI is InChI=1S/C24H25BrN2O6/c1-26(2)11-4-12-27-20(14-5-7-15(8-6-14)24(32)33-3)19(22(30)23(27)31)21(29)17-13-16(25)9-10-18(17)28/h5-10,13,20,28-29H,4,11-12H2,1-3H3/b21-19+. The molecule has 0 bridgehead atoms. The Kier molecular flexibility index (Phi) is 7.55. The van der Waals surface area contributed by atoms with Crippen LogP contribution in [0.4, 0.5) is 0 Å². The third-order valence-corrected chi connectivity index (χ3v) is 5.90. The van der Waals surface area contributed by atoms with Gasteiger partial charge in [-0.2, -0.15) is 0 Å². The first-order chi connectivity index (χ1) is 15.6. The summed E-state index contributed by atoms with van der Waals surface area (Å²) in [5.41, 5.74) is 0.772. The summed E-state index contributed by atoms with van der Waals surface area (Å²) < 4.78 is 5.31. The lowest BCUT2D eigenvalue weighted by Gasteiger charge is -2.26. The number of hydrogen-bond donors (Lipinski definition) is 2. The number of esters is 1. The van der Waals surface area contributed by atoms with E-state index >= 15 is 0 Å². The van der Waals surface area contributed by atoms with Crippen molar-refractivity contribution >= 4 is 39.3 Å². The summed E-state index contributed by atoms with van der Waals surface area (Å²) in [4.78, 5) is 41.2. The molecule has 9 heteroatoms. The largest absolute Gasteiger partial charge is 0.507 e. The van der Waals surface area contributed by atoms with E-state index in [0.717, 1.165) is 0 Å². The molecule has 1 unspecified atom stereocenters. The third-order valence-electron chi connectivity index (χ3n) is 5.41. The number of hydrogen-bond acceptors (Lipinski definition) is 7. The van der Waals surface area contributed by atoms with Crippen molar-refractivity contribution in [1.82, 2.24) is 9.80 Å². The molecule has 0 spiro atoms. The van der Waals surface area contributed by atoms with Crippen molar-refractivity contribution in [3.8, 4) is 5.75 Å². The zero-order chi connectivity index (χ0) is 24.3. The van der Waals surface area contributed by atoms with E-state index in [1.807, 2.05) is 19.0 Å². The van der Waals surface area contributed by atoms with E-state index in [-0.39, 0.29) is 23.4 Å². The summed E-state index contributed by atoms with van der Waals surface area (Å²) in [7, 11) is 5.10. The summed E-state index contributed by atoms with van der Waals surface area (Å²) >= 11 is 3.29. The highest BCUT2D eigenvalue weighted by Crippen LogP contribution is 2.41. The second-order valence-electron chi connectivity index (χ2n) is 7.92. The molecule has 0 saturated carbocycles. The summed E-state index contributed by atoms with van der Waals surface area (Å²) in [6.07, 6.45) is 0.610. The molecule has 2 aromatic carbocycles. The molecule has 1 aliphatic rings. The minimum atomic E-state index is -0.878. The third kappa shape index (κ3) is 5.09. The molecule has 1 aliphatic heterocycles. The highest BCUT2D eigenvalue weighted by molar-refractivity contribution is 9.10. The van der Waals surface area contributed by atoms with Crippen molar-refractivity contribution in [2.24, 2.45) is 0 Å². The molecule has 0 aliphatic carbocycles. The van der Waals surface area contributed by atoms with Crippen LogP contribution in [0.3, 0.4) is 0 Å². The number of phenolic OH excluding ortho intramolecular Hbond substituents is 1. The SMILES string of the molecule is COC(=O)c1ccc(C2/C(=C(\O)c3cc(Br)ccc3O)C(=O)C(=O)N2CCCN(C)C)cc1. The molecule has 1 saturated heterocycles. The topological polar surface area (TPSA) is 107 Å². The quantitative estimate of drug-likeness (QED) is 0.251. The van der Waals surface area contributed by atoms with E-state index in [1.54, 1.807) is 18.2 Å². The van der Waals surface area contributed by atoms with Gasteiger partial charge in [-0.3, -0.25) is 9.59 Å². The summed E-state index contributed by atoms with van der Waals surface area (Å²) in [6.45, 7) is 0.983. The van der Waals surface area contributed by atoms with Crippen LogP contribution in [0, 0.1) is 0 Å². The Labute approximate surface area is 200 Å². The number of ether oxygens (including phenoxy) is 1. The molecule has 0 aromatic heterocycles.